The lowest BCUT2D eigenvalue weighted by Crippen LogP contribution is -2.35. The van der Waals surface area contributed by atoms with E-state index < -0.39 is 0 Å². The van der Waals surface area contributed by atoms with Gasteiger partial charge in [-0.25, -0.2) is 20.2 Å². The number of nitriles is 2. The number of Topliss-reactive ketones (excluding diaryl/α,β-unsaturated/α-hetero) is 2. The first-order valence-electron chi connectivity index (χ1n) is 19.2. The van der Waals surface area contributed by atoms with Gasteiger partial charge in [0.2, 0.25) is 0 Å². The Bertz CT molecular complexity index is 2810. The SMILES string of the molecule is [C-]#[N+]C(C#N)=C1/C(=C/C2=Cc3sc4c(c3C23CCCCC3)C2(CCCCC2)c2cc(/C=C3\C(=O)c5ccccc5\C3=C(\C#N)[N+]#[C-])sc2-4)C(=O)c2ccccc21. The van der Waals surface area contributed by atoms with E-state index in [1.165, 1.54) is 37.7 Å². The van der Waals surface area contributed by atoms with E-state index in [4.69, 9.17) is 13.1 Å². The van der Waals surface area contributed by atoms with Gasteiger partial charge in [-0.05, 0) is 83.4 Å². The van der Waals surface area contributed by atoms with Crippen molar-refractivity contribution in [2.24, 2.45) is 0 Å². The lowest BCUT2D eigenvalue weighted by Gasteiger charge is -2.42. The van der Waals surface area contributed by atoms with Gasteiger partial charge in [-0.15, -0.1) is 22.7 Å². The van der Waals surface area contributed by atoms with E-state index in [9.17, 15) is 20.1 Å². The number of hydrogen-bond acceptors (Lipinski definition) is 6. The smallest absolute Gasteiger partial charge is 0.270 e. The maximum absolute atomic E-state index is 14.1. The number of nitrogens with zero attached hydrogens (tertiary/aromatic N) is 4. The predicted octanol–water partition coefficient (Wildman–Crippen LogP) is 12.0. The van der Waals surface area contributed by atoms with Crippen molar-refractivity contribution in [1.29, 1.82) is 10.5 Å². The van der Waals surface area contributed by atoms with Crippen molar-refractivity contribution in [2.75, 3.05) is 0 Å². The summed E-state index contributed by atoms with van der Waals surface area (Å²) in [6, 6.07) is 21.0. The minimum Gasteiger partial charge on any atom is -0.289 e. The third-order valence-electron chi connectivity index (χ3n) is 13.0. The number of hydrogen-bond donors (Lipinski definition) is 0. The highest BCUT2D eigenvalue weighted by atomic mass is 32.1. The number of carbonyl (C=O) groups excluding carboxylic acids is 2. The molecule has 8 heteroatoms. The Morgan fingerprint density at radius 3 is 1.71 bits per heavy atom. The number of allylic oxidation sites excluding steroid dienone is 8. The first kappa shape index (κ1) is 34.3. The fourth-order valence-electron chi connectivity index (χ4n) is 10.7. The van der Waals surface area contributed by atoms with Crippen molar-refractivity contribution in [2.45, 2.75) is 75.0 Å². The van der Waals surface area contributed by atoms with Gasteiger partial charge in [-0.3, -0.25) is 9.59 Å². The summed E-state index contributed by atoms with van der Waals surface area (Å²) in [7, 11) is 0. The van der Waals surface area contributed by atoms with Gasteiger partial charge in [0.05, 0.1) is 25.3 Å². The average molecular weight is 761 g/mol. The molecule has 4 aromatic rings. The number of carbonyl (C=O) groups is 2. The van der Waals surface area contributed by atoms with Gasteiger partial charge in [-0.1, -0.05) is 87.1 Å². The zero-order valence-corrected chi connectivity index (χ0v) is 32.1. The summed E-state index contributed by atoms with van der Waals surface area (Å²) in [6.45, 7) is 15.6. The molecule has 2 spiro atoms. The molecule has 0 amide bonds. The molecule has 10 rings (SSSR count). The molecule has 0 N–H and O–H groups in total. The molecule has 6 nitrogen and oxygen atoms in total. The summed E-state index contributed by atoms with van der Waals surface area (Å²) in [5.74, 6) is -0.290. The van der Waals surface area contributed by atoms with E-state index in [2.05, 4.69) is 27.9 Å². The van der Waals surface area contributed by atoms with Crippen LogP contribution in [0.4, 0.5) is 0 Å². The largest absolute Gasteiger partial charge is 0.289 e. The molecule has 56 heavy (non-hydrogen) atoms. The lowest BCUT2D eigenvalue weighted by molar-refractivity contribution is 0.103. The van der Waals surface area contributed by atoms with Crippen molar-refractivity contribution in [3.63, 3.8) is 0 Å². The number of ketones is 2. The molecule has 0 bridgehead atoms. The number of fused-ring (bicyclic) bond motifs is 10. The van der Waals surface area contributed by atoms with Gasteiger partial charge in [0.25, 0.3) is 11.4 Å². The third-order valence-corrected chi connectivity index (χ3v) is 15.4. The second-order valence-electron chi connectivity index (χ2n) is 15.6. The Morgan fingerprint density at radius 1 is 0.661 bits per heavy atom. The van der Waals surface area contributed by atoms with Gasteiger partial charge in [0.1, 0.15) is 0 Å². The third kappa shape index (κ3) is 4.55. The molecule has 6 aliphatic carbocycles. The molecule has 0 saturated heterocycles. The normalized spacial score (nSPS) is 22.5. The molecule has 6 aliphatic rings. The van der Waals surface area contributed by atoms with E-state index in [-0.39, 0.29) is 33.8 Å². The molecule has 0 aliphatic heterocycles. The zero-order chi connectivity index (χ0) is 38.3. The highest BCUT2D eigenvalue weighted by molar-refractivity contribution is 7.23. The first-order valence-corrected chi connectivity index (χ1v) is 20.8. The average Bonchev–Trinajstić information content (AvgIpc) is 4.05. The number of rotatable bonds is 2. The second kappa shape index (κ2) is 12.7. The molecular weight excluding hydrogens is 729 g/mol. The highest BCUT2D eigenvalue weighted by Gasteiger charge is 2.54. The number of benzene rings is 2. The van der Waals surface area contributed by atoms with Gasteiger partial charge in [-0.2, -0.15) is 0 Å². The molecule has 268 valence electrons. The van der Waals surface area contributed by atoms with Crippen LogP contribution in [-0.2, 0) is 10.8 Å². The molecule has 0 radical (unpaired) electrons. The Labute approximate surface area is 333 Å². The fraction of sp³-hybridized carbons (Fsp3) is 0.250. The van der Waals surface area contributed by atoms with Crippen LogP contribution in [0.2, 0.25) is 0 Å². The topological polar surface area (TPSA) is 90.4 Å². The van der Waals surface area contributed by atoms with Crippen molar-refractivity contribution < 1.29 is 9.59 Å². The van der Waals surface area contributed by atoms with Crippen LogP contribution in [0.25, 0.3) is 42.7 Å². The van der Waals surface area contributed by atoms with Crippen LogP contribution < -0.4 is 0 Å². The summed E-state index contributed by atoms with van der Waals surface area (Å²) in [5.41, 5.74) is 8.85. The quantitative estimate of drug-likeness (QED) is 0.116. The summed E-state index contributed by atoms with van der Waals surface area (Å²) < 4.78 is 0. The van der Waals surface area contributed by atoms with Gasteiger partial charge < -0.3 is 0 Å². The van der Waals surface area contributed by atoms with Crippen LogP contribution in [-0.4, -0.2) is 11.6 Å². The van der Waals surface area contributed by atoms with E-state index >= 15 is 0 Å². The molecule has 2 fully saturated rings. The fourth-order valence-corrected chi connectivity index (χ4v) is 13.5. The minimum absolute atomic E-state index is 0.0541. The molecule has 0 atom stereocenters. The summed E-state index contributed by atoms with van der Waals surface area (Å²) >= 11 is 3.55. The van der Waals surface area contributed by atoms with Crippen LogP contribution in [0, 0.1) is 35.8 Å². The number of thiophene rings is 2. The maximum Gasteiger partial charge on any atom is 0.270 e. The molecule has 2 heterocycles. The van der Waals surface area contributed by atoms with Crippen LogP contribution >= 0.6 is 22.7 Å². The summed E-state index contributed by atoms with van der Waals surface area (Å²) in [6.07, 6.45) is 17.1. The van der Waals surface area contributed by atoms with Crippen LogP contribution in [0.15, 0.2) is 88.8 Å². The second-order valence-corrected chi connectivity index (χ2v) is 17.7. The van der Waals surface area contributed by atoms with Crippen molar-refractivity contribution in [1.82, 2.24) is 0 Å². The monoisotopic (exact) mass is 760 g/mol. The summed E-state index contributed by atoms with van der Waals surface area (Å²) in [4.78, 5) is 39.8. The Kier molecular flexibility index (Phi) is 7.78. The van der Waals surface area contributed by atoms with E-state index in [0.717, 1.165) is 68.2 Å². The molecule has 2 saturated carbocycles. The van der Waals surface area contributed by atoms with Crippen LogP contribution in [0.3, 0.4) is 0 Å². The first-order chi connectivity index (χ1) is 27.4. The maximum atomic E-state index is 14.1. The molecular formula is C48H32N4O2S2. The van der Waals surface area contributed by atoms with E-state index in [0.29, 0.717) is 44.5 Å². The Morgan fingerprint density at radius 2 is 1.18 bits per heavy atom. The molecule has 2 aromatic heterocycles. The van der Waals surface area contributed by atoms with Crippen molar-refractivity contribution >= 4 is 57.5 Å². The van der Waals surface area contributed by atoms with E-state index in [1.807, 2.05) is 66.0 Å². The van der Waals surface area contributed by atoms with Crippen molar-refractivity contribution in [3.05, 3.63) is 160 Å². The lowest BCUT2D eigenvalue weighted by atomic mass is 9.61. The zero-order valence-electron chi connectivity index (χ0n) is 30.4. The van der Waals surface area contributed by atoms with Gasteiger partial charge >= 0.3 is 0 Å². The van der Waals surface area contributed by atoms with Crippen LogP contribution in [0.5, 0.6) is 0 Å². The van der Waals surface area contributed by atoms with Crippen molar-refractivity contribution in [3.8, 4) is 21.9 Å². The minimum atomic E-state index is -0.270. The molecule has 2 aromatic carbocycles. The summed E-state index contributed by atoms with van der Waals surface area (Å²) in [5, 5.41) is 20.0. The highest BCUT2D eigenvalue weighted by Crippen LogP contribution is 2.67. The molecule has 0 unspecified atom stereocenters. The Hall–Kier alpha value is -6.16. The van der Waals surface area contributed by atoms with Gasteiger partial charge in [0.15, 0.2) is 11.6 Å². The van der Waals surface area contributed by atoms with E-state index in [1.54, 1.807) is 23.5 Å². The Balaban J connectivity index is 1.15. The van der Waals surface area contributed by atoms with Gasteiger partial charge in [0, 0.05) is 63.8 Å². The predicted molar refractivity (Wildman–Crippen MR) is 220 cm³/mol. The van der Waals surface area contributed by atoms with Crippen LogP contribution in [0.1, 0.15) is 122 Å². The standard InChI is InChI=1S/C48H32N4O2S2/c1-51-36(25-49)39-29-13-5-7-15-31(29)43(53)33(39)21-27-22-38-41(47(27)17-9-3-10-18-47)42-46(56-38)45-35(48(42)19-11-4-12-20-48)24-28(55-45)23-34-40(37(26-50)52-2)30-14-6-8-16-32(30)44(34)54/h5-8,13-16,21-24H,3-4,9-12,17-20H2/b33-21-,34-23-,39-36?,40-37+.